The Bertz CT molecular complexity index is 748. The zero-order chi connectivity index (χ0) is 16.5. The number of urea groups is 1. The zero-order valence-electron chi connectivity index (χ0n) is 13.2. The fourth-order valence-corrected chi connectivity index (χ4v) is 3.43. The molecule has 0 bridgehead atoms. The zero-order valence-corrected chi connectivity index (χ0v) is 13.2. The second-order valence-corrected chi connectivity index (χ2v) is 6.15. The van der Waals surface area contributed by atoms with Gasteiger partial charge >= 0.3 is 12.0 Å². The van der Waals surface area contributed by atoms with Gasteiger partial charge < -0.3 is 14.5 Å². The number of cyclic esters (lactones) is 1. The maximum atomic E-state index is 12.9. The van der Waals surface area contributed by atoms with Crippen LogP contribution < -0.4 is 0 Å². The number of esters is 1. The minimum Gasteiger partial charge on any atom is -0.462 e. The Hall–Kier alpha value is -2.82. The molecule has 0 radical (unpaired) electrons. The van der Waals surface area contributed by atoms with Crippen LogP contribution in [-0.4, -0.2) is 40.5 Å². The lowest BCUT2D eigenvalue weighted by atomic mass is 10.1. The highest BCUT2D eigenvalue weighted by Gasteiger charge is 2.54. The van der Waals surface area contributed by atoms with Gasteiger partial charge in [0.05, 0.1) is 6.04 Å². The molecule has 2 aliphatic heterocycles. The number of nitrogens with zero attached hydrogens (tertiary/aromatic N) is 2. The van der Waals surface area contributed by atoms with Crippen LogP contribution in [-0.2, 0) is 22.6 Å². The number of benzene rings is 2. The molecule has 4 rings (SSSR count). The standard InChI is InChI=1S/C19H18N2O3/c22-18-17-16(13-24-18)20(11-14-7-3-1-4-8-14)19(23)21(17)12-15-9-5-2-6-10-15/h1-10,16-17H,11-13H2/t16-,17-/m0/s1. The number of amides is 2. The summed E-state index contributed by atoms with van der Waals surface area (Å²) in [6, 6.07) is 18.7. The third-order valence-electron chi connectivity index (χ3n) is 4.62. The molecule has 0 aliphatic carbocycles. The average Bonchev–Trinajstić information content (AvgIpc) is 3.11. The molecule has 0 unspecified atom stereocenters. The van der Waals surface area contributed by atoms with Gasteiger partial charge in [0.2, 0.25) is 0 Å². The van der Waals surface area contributed by atoms with E-state index < -0.39 is 6.04 Å². The van der Waals surface area contributed by atoms with Crippen molar-refractivity contribution in [3.05, 3.63) is 71.8 Å². The van der Waals surface area contributed by atoms with E-state index in [1.807, 2.05) is 60.7 Å². The van der Waals surface area contributed by atoms with Gasteiger partial charge in [-0.25, -0.2) is 9.59 Å². The molecular weight excluding hydrogens is 304 g/mol. The molecular formula is C19H18N2O3. The number of carbonyl (C=O) groups is 2. The number of rotatable bonds is 4. The predicted octanol–water partition coefficient (Wildman–Crippen LogP) is 2.42. The summed E-state index contributed by atoms with van der Waals surface area (Å²) in [5, 5.41) is 0. The Labute approximate surface area is 140 Å². The van der Waals surface area contributed by atoms with Gasteiger partial charge in [0, 0.05) is 13.1 Å². The van der Waals surface area contributed by atoms with Crippen molar-refractivity contribution < 1.29 is 14.3 Å². The molecule has 0 saturated carbocycles. The van der Waals surface area contributed by atoms with Gasteiger partial charge in [0.1, 0.15) is 6.61 Å². The van der Waals surface area contributed by atoms with Crippen molar-refractivity contribution in [1.29, 1.82) is 0 Å². The van der Waals surface area contributed by atoms with E-state index in [4.69, 9.17) is 4.74 Å². The monoisotopic (exact) mass is 322 g/mol. The van der Waals surface area contributed by atoms with Crippen LogP contribution in [0.25, 0.3) is 0 Å². The Morgan fingerprint density at radius 2 is 1.38 bits per heavy atom. The van der Waals surface area contributed by atoms with Crippen LogP contribution in [0.5, 0.6) is 0 Å². The molecule has 2 fully saturated rings. The van der Waals surface area contributed by atoms with Gasteiger partial charge in [-0.05, 0) is 11.1 Å². The number of hydrogen-bond acceptors (Lipinski definition) is 3. The molecule has 0 aromatic heterocycles. The molecule has 2 saturated heterocycles. The van der Waals surface area contributed by atoms with Gasteiger partial charge in [0.15, 0.2) is 6.04 Å². The van der Waals surface area contributed by atoms with Gasteiger partial charge in [-0.3, -0.25) is 0 Å². The van der Waals surface area contributed by atoms with E-state index in [0.29, 0.717) is 13.1 Å². The van der Waals surface area contributed by atoms with Crippen LogP contribution in [0.2, 0.25) is 0 Å². The molecule has 122 valence electrons. The lowest BCUT2D eigenvalue weighted by molar-refractivity contribution is -0.141. The summed E-state index contributed by atoms with van der Waals surface area (Å²) < 4.78 is 5.23. The number of fused-ring (bicyclic) bond motifs is 1. The first-order chi connectivity index (χ1) is 11.7. The summed E-state index contributed by atoms with van der Waals surface area (Å²) in [5.41, 5.74) is 2.05. The molecule has 5 nitrogen and oxygen atoms in total. The summed E-state index contributed by atoms with van der Waals surface area (Å²) in [5.74, 6) is -0.306. The van der Waals surface area contributed by atoms with Crippen molar-refractivity contribution in [2.45, 2.75) is 25.2 Å². The Morgan fingerprint density at radius 3 is 1.96 bits per heavy atom. The number of carbonyl (C=O) groups excluding carboxylic acids is 2. The quantitative estimate of drug-likeness (QED) is 0.812. The predicted molar refractivity (Wildman–Crippen MR) is 87.9 cm³/mol. The molecule has 0 N–H and O–H groups in total. The Morgan fingerprint density at radius 1 is 0.833 bits per heavy atom. The van der Waals surface area contributed by atoms with E-state index in [-0.39, 0.29) is 24.6 Å². The maximum absolute atomic E-state index is 12.9. The molecule has 2 aromatic carbocycles. The fourth-order valence-electron chi connectivity index (χ4n) is 3.43. The van der Waals surface area contributed by atoms with Crippen LogP contribution in [0.3, 0.4) is 0 Å². The summed E-state index contributed by atoms with van der Waals surface area (Å²) in [4.78, 5) is 28.5. The molecule has 2 atom stereocenters. The van der Waals surface area contributed by atoms with E-state index in [1.165, 1.54) is 0 Å². The van der Waals surface area contributed by atoms with Crippen LogP contribution in [0, 0.1) is 0 Å². The van der Waals surface area contributed by atoms with E-state index >= 15 is 0 Å². The highest BCUT2D eigenvalue weighted by molar-refractivity contribution is 5.90. The minimum atomic E-state index is -0.513. The summed E-state index contributed by atoms with van der Waals surface area (Å²) in [6.45, 7) is 1.18. The lowest BCUT2D eigenvalue weighted by Crippen LogP contribution is -2.38. The van der Waals surface area contributed by atoms with Gasteiger partial charge in [-0.1, -0.05) is 60.7 Å². The van der Waals surface area contributed by atoms with Crippen molar-refractivity contribution in [2.75, 3.05) is 6.61 Å². The molecule has 24 heavy (non-hydrogen) atoms. The highest BCUT2D eigenvalue weighted by atomic mass is 16.5. The molecule has 2 aromatic rings. The lowest BCUT2D eigenvalue weighted by Gasteiger charge is -2.22. The summed E-state index contributed by atoms with van der Waals surface area (Å²) >= 11 is 0. The molecule has 0 spiro atoms. The Balaban J connectivity index is 1.60. The average molecular weight is 322 g/mol. The number of ether oxygens (including phenoxy) is 1. The largest absolute Gasteiger partial charge is 0.462 e. The van der Waals surface area contributed by atoms with Crippen molar-refractivity contribution in [3.8, 4) is 0 Å². The topological polar surface area (TPSA) is 49.9 Å². The minimum absolute atomic E-state index is 0.102. The molecule has 5 heteroatoms. The van der Waals surface area contributed by atoms with E-state index in [1.54, 1.807) is 9.80 Å². The molecule has 2 heterocycles. The first kappa shape index (κ1) is 14.8. The first-order valence-electron chi connectivity index (χ1n) is 8.06. The van der Waals surface area contributed by atoms with E-state index in [2.05, 4.69) is 0 Å². The van der Waals surface area contributed by atoms with E-state index in [0.717, 1.165) is 11.1 Å². The highest BCUT2D eigenvalue weighted by Crippen LogP contribution is 2.31. The molecule has 2 amide bonds. The smallest absolute Gasteiger partial charge is 0.331 e. The normalized spacial score (nSPS) is 22.7. The van der Waals surface area contributed by atoms with Crippen molar-refractivity contribution in [2.24, 2.45) is 0 Å². The third-order valence-corrected chi connectivity index (χ3v) is 4.62. The van der Waals surface area contributed by atoms with Crippen LogP contribution in [0.15, 0.2) is 60.7 Å². The van der Waals surface area contributed by atoms with Gasteiger partial charge in [-0.2, -0.15) is 0 Å². The van der Waals surface area contributed by atoms with E-state index in [9.17, 15) is 9.59 Å². The summed E-state index contributed by atoms with van der Waals surface area (Å²) in [6.07, 6.45) is 0. The first-order valence-corrected chi connectivity index (χ1v) is 8.06. The fraction of sp³-hybridized carbons (Fsp3) is 0.263. The summed E-state index contributed by atoms with van der Waals surface area (Å²) in [7, 11) is 0. The van der Waals surface area contributed by atoms with Gasteiger partial charge in [-0.15, -0.1) is 0 Å². The number of hydrogen-bond donors (Lipinski definition) is 0. The maximum Gasteiger partial charge on any atom is 0.331 e. The second-order valence-electron chi connectivity index (χ2n) is 6.15. The van der Waals surface area contributed by atoms with Gasteiger partial charge in [0.25, 0.3) is 0 Å². The van der Waals surface area contributed by atoms with Crippen molar-refractivity contribution in [1.82, 2.24) is 9.80 Å². The van der Waals surface area contributed by atoms with Crippen LogP contribution in [0.1, 0.15) is 11.1 Å². The Kier molecular flexibility index (Phi) is 3.69. The SMILES string of the molecule is O=C1OC[C@H]2[C@@H]1N(Cc1ccccc1)C(=O)N2Cc1ccccc1. The second kappa shape index (κ2) is 6.00. The van der Waals surface area contributed by atoms with Crippen molar-refractivity contribution in [3.63, 3.8) is 0 Å². The molecule has 2 aliphatic rings. The third kappa shape index (κ3) is 2.52. The van der Waals surface area contributed by atoms with Crippen molar-refractivity contribution >= 4 is 12.0 Å². The van der Waals surface area contributed by atoms with Crippen LogP contribution in [0.4, 0.5) is 4.79 Å². The van der Waals surface area contributed by atoms with Crippen LogP contribution >= 0.6 is 0 Å².